The summed E-state index contributed by atoms with van der Waals surface area (Å²) in [5, 5.41) is 4.35. The highest BCUT2D eigenvalue weighted by molar-refractivity contribution is 5.63. The molecule has 0 saturated carbocycles. The maximum atomic E-state index is 4.57. The lowest BCUT2D eigenvalue weighted by molar-refractivity contribution is 0.313. The standard InChI is InChI=1S/C19H24N6/c1-15-18(14-21-23(15)3)25-9-8-20-19(25)16-4-6-17(7-5-16)24-12-10-22(2)11-13-24/h4-9,14H,10-13H2,1-3H3. The molecule has 6 heteroatoms. The normalized spacial score (nSPS) is 15.7. The second-order valence-corrected chi connectivity index (χ2v) is 6.70. The minimum absolute atomic E-state index is 0.945. The number of hydrogen-bond acceptors (Lipinski definition) is 4. The van der Waals surface area contributed by atoms with Gasteiger partial charge in [-0.1, -0.05) is 0 Å². The van der Waals surface area contributed by atoms with Crippen molar-refractivity contribution >= 4 is 5.69 Å². The van der Waals surface area contributed by atoms with E-state index in [0.29, 0.717) is 0 Å². The first-order valence-corrected chi connectivity index (χ1v) is 8.70. The van der Waals surface area contributed by atoms with Gasteiger partial charge in [0.1, 0.15) is 5.82 Å². The van der Waals surface area contributed by atoms with E-state index >= 15 is 0 Å². The minimum atomic E-state index is 0.945. The SMILES string of the molecule is Cc1c(-n2ccnc2-c2ccc(N3CCN(C)CC3)cc2)cnn1C. The van der Waals surface area contributed by atoms with E-state index in [-0.39, 0.29) is 0 Å². The van der Waals surface area contributed by atoms with Crippen molar-refractivity contribution in [2.24, 2.45) is 7.05 Å². The van der Waals surface area contributed by atoms with E-state index in [1.807, 2.05) is 30.3 Å². The molecule has 2 aromatic heterocycles. The van der Waals surface area contributed by atoms with Gasteiger partial charge >= 0.3 is 0 Å². The molecule has 0 N–H and O–H groups in total. The molecular weight excluding hydrogens is 312 g/mol. The molecule has 0 atom stereocenters. The average molecular weight is 336 g/mol. The molecule has 0 bridgehead atoms. The monoisotopic (exact) mass is 336 g/mol. The number of hydrogen-bond donors (Lipinski definition) is 0. The van der Waals surface area contributed by atoms with Crippen LogP contribution in [0.5, 0.6) is 0 Å². The molecule has 0 spiro atoms. The number of aromatic nitrogens is 4. The molecule has 0 amide bonds. The predicted octanol–water partition coefficient (Wildman–Crippen LogP) is 2.33. The highest BCUT2D eigenvalue weighted by Gasteiger charge is 2.16. The Balaban J connectivity index is 1.61. The molecule has 0 radical (unpaired) electrons. The van der Waals surface area contributed by atoms with Gasteiger partial charge in [-0.25, -0.2) is 4.98 Å². The maximum Gasteiger partial charge on any atom is 0.144 e. The summed E-state index contributed by atoms with van der Waals surface area (Å²) in [6, 6.07) is 8.74. The van der Waals surface area contributed by atoms with Gasteiger partial charge in [0.2, 0.25) is 0 Å². The second kappa shape index (κ2) is 6.37. The highest BCUT2D eigenvalue weighted by atomic mass is 15.3. The van der Waals surface area contributed by atoms with Crippen LogP contribution in [-0.4, -0.2) is 57.5 Å². The van der Waals surface area contributed by atoms with E-state index < -0.39 is 0 Å². The second-order valence-electron chi connectivity index (χ2n) is 6.70. The third-order valence-electron chi connectivity index (χ3n) is 5.10. The maximum absolute atomic E-state index is 4.57. The van der Waals surface area contributed by atoms with Gasteiger partial charge in [-0.2, -0.15) is 5.10 Å². The Hall–Kier alpha value is -2.60. The first-order valence-electron chi connectivity index (χ1n) is 8.70. The van der Waals surface area contributed by atoms with Crippen LogP contribution < -0.4 is 4.90 Å². The largest absolute Gasteiger partial charge is 0.369 e. The number of likely N-dealkylation sites (N-methyl/N-ethyl adjacent to an activating group) is 1. The van der Waals surface area contributed by atoms with E-state index in [4.69, 9.17) is 0 Å². The summed E-state index contributed by atoms with van der Waals surface area (Å²) < 4.78 is 3.99. The van der Waals surface area contributed by atoms with Gasteiger partial charge in [-0.05, 0) is 38.2 Å². The summed E-state index contributed by atoms with van der Waals surface area (Å²) in [4.78, 5) is 9.39. The topological polar surface area (TPSA) is 42.1 Å². The number of rotatable bonds is 3. The number of piperazine rings is 1. The van der Waals surface area contributed by atoms with E-state index in [2.05, 4.69) is 62.7 Å². The van der Waals surface area contributed by atoms with Crippen LogP contribution in [0.3, 0.4) is 0 Å². The van der Waals surface area contributed by atoms with Crippen molar-refractivity contribution < 1.29 is 0 Å². The first kappa shape index (κ1) is 15.9. The van der Waals surface area contributed by atoms with E-state index in [1.54, 1.807) is 0 Å². The molecule has 6 nitrogen and oxygen atoms in total. The molecule has 130 valence electrons. The predicted molar refractivity (Wildman–Crippen MR) is 100 cm³/mol. The zero-order chi connectivity index (χ0) is 17.4. The summed E-state index contributed by atoms with van der Waals surface area (Å²) in [6.07, 6.45) is 5.73. The fraction of sp³-hybridized carbons (Fsp3) is 0.368. The molecule has 0 aliphatic carbocycles. The van der Waals surface area contributed by atoms with Crippen molar-refractivity contribution in [1.82, 2.24) is 24.2 Å². The Morgan fingerprint density at radius 3 is 2.32 bits per heavy atom. The molecular formula is C19H24N6. The van der Waals surface area contributed by atoms with Gasteiger partial charge in [0.15, 0.2) is 0 Å². The van der Waals surface area contributed by atoms with Crippen LogP contribution in [0.15, 0.2) is 42.9 Å². The number of anilines is 1. The summed E-state index contributed by atoms with van der Waals surface area (Å²) in [6.45, 7) is 6.47. The minimum Gasteiger partial charge on any atom is -0.369 e. The van der Waals surface area contributed by atoms with Gasteiger partial charge < -0.3 is 9.80 Å². The average Bonchev–Trinajstić information content (AvgIpc) is 3.23. The molecule has 25 heavy (non-hydrogen) atoms. The van der Waals surface area contributed by atoms with Crippen LogP contribution in [-0.2, 0) is 7.05 Å². The number of benzene rings is 1. The van der Waals surface area contributed by atoms with Gasteiger partial charge in [-0.3, -0.25) is 9.25 Å². The molecule has 3 aromatic rings. The van der Waals surface area contributed by atoms with Crippen molar-refractivity contribution in [3.63, 3.8) is 0 Å². The van der Waals surface area contributed by atoms with E-state index in [1.165, 1.54) is 5.69 Å². The van der Waals surface area contributed by atoms with Gasteiger partial charge in [0.05, 0.1) is 17.6 Å². The molecule has 1 aliphatic heterocycles. The number of imidazole rings is 1. The Morgan fingerprint density at radius 1 is 0.960 bits per heavy atom. The van der Waals surface area contributed by atoms with Crippen molar-refractivity contribution in [2.45, 2.75) is 6.92 Å². The van der Waals surface area contributed by atoms with Crippen molar-refractivity contribution in [2.75, 3.05) is 38.1 Å². The third-order valence-corrected chi connectivity index (χ3v) is 5.10. The van der Waals surface area contributed by atoms with Crippen LogP contribution in [0.2, 0.25) is 0 Å². The fourth-order valence-electron chi connectivity index (χ4n) is 3.32. The van der Waals surface area contributed by atoms with Crippen LogP contribution in [0.1, 0.15) is 5.69 Å². The zero-order valence-corrected chi connectivity index (χ0v) is 15.1. The molecule has 1 fully saturated rings. The molecule has 3 heterocycles. The lowest BCUT2D eigenvalue weighted by Gasteiger charge is -2.34. The van der Waals surface area contributed by atoms with E-state index in [0.717, 1.165) is 48.9 Å². The number of aryl methyl sites for hydroxylation is 1. The van der Waals surface area contributed by atoms with Gasteiger partial charge in [0, 0.05) is 56.9 Å². The smallest absolute Gasteiger partial charge is 0.144 e. The van der Waals surface area contributed by atoms with Crippen LogP contribution in [0.25, 0.3) is 17.1 Å². The van der Waals surface area contributed by atoms with Crippen LogP contribution in [0.4, 0.5) is 5.69 Å². The highest BCUT2D eigenvalue weighted by Crippen LogP contribution is 2.26. The summed E-state index contributed by atoms with van der Waals surface area (Å²) in [7, 11) is 4.14. The third kappa shape index (κ3) is 2.93. The quantitative estimate of drug-likeness (QED) is 0.736. The summed E-state index contributed by atoms with van der Waals surface area (Å²) in [5.74, 6) is 0.945. The van der Waals surface area contributed by atoms with Crippen LogP contribution >= 0.6 is 0 Å². The summed E-state index contributed by atoms with van der Waals surface area (Å²) in [5.41, 5.74) is 4.59. The fourth-order valence-corrected chi connectivity index (χ4v) is 3.32. The number of nitrogens with zero attached hydrogens (tertiary/aromatic N) is 6. The lowest BCUT2D eigenvalue weighted by atomic mass is 10.1. The Kier molecular flexibility index (Phi) is 4.05. The zero-order valence-electron chi connectivity index (χ0n) is 15.1. The molecule has 1 saturated heterocycles. The first-order chi connectivity index (χ1) is 12.1. The van der Waals surface area contributed by atoms with Gasteiger partial charge in [0.25, 0.3) is 0 Å². The van der Waals surface area contributed by atoms with Crippen molar-refractivity contribution in [1.29, 1.82) is 0 Å². The molecule has 1 aliphatic rings. The Morgan fingerprint density at radius 2 is 1.68 bits per heavy atom. The Labute approximate surface area is 148 Å². The van der Waals surface area contributed by atoms with Crippen molar-refractivity contribution in [3.05, 3.63) is 48.5 Å². The molecule has 0 unspecified atom stereocenters. The Bertz CT molecular complexity index is 852. The summed E-state index contributed by atoms with van der Waals surface area (Å²) >= 11 is 0. The van der Waals surface area contributed by atoms with Crippen molar-refractivity contribution in [3.8, 4) is 17.1 Å². The lowest BCUT2D eigenvalue weighted by Crippen LogP contribution is -2.44. The molecule has 1 aromatic carbocycles. The van der Waals surface area contributed by atoms with E-state index in [9.17, 15) is 0 Å². The molecule has 4 rings (SSSR count). The van der Waals surface area contributed by atoms with Crippen LogP contribution in [0, 0.1) is 6.92 Å². The van der Waals surface area contributed by atoms with Gasteiger partial charge in [-0.15, -0.1) is 0 Å².